The smallest absolute Gasteiger partial charge is 0.220 e. The minimum absolute atomic E-state index is 0.219. The molecule has 0 saturated carbocycles. The van der Waals surface area contributed by atoms with Crippen molar-refractivity contribution in [3.63, 3.8) is 0 Å². The molecule has 2 aliphatic rings. The van der Waals surface area contributed by atoms with Crippen molar-refractivity contribution in [1.29, 1.82) is 0 Å². The average molecular weight is 202 g/mol. The third kappa shape index (κ3) is 4.52. The monoisotopic (exact) mass is 202 g/mol. The lowest BCUT2D eigenvalue weighted by atomic mass is 10.2. The summed E-state index contributed by atoms with van der Waals surface area (Å²) in [6.45, 7) is 3.31. The van der Waals surface area contributed by atoms with Gasteiger partial charge in [-0.05, 0) is 12.8 Å². The Bertz CT molecular complexity index is 152. The largest absolute Gasteiger partial charge is 0.353 e. The third-order valence-corrected chi connectivity index (χ3v) is 3.11. The van der Waals surface area contributed by atoms with Crippen molar-refractivity contribution in [2.45, 2.75) is 32.2 Å². The Kier molecular flexibility index (Phi) is 5.23. The van der Waals surface area contributed by atoms with Crippen LogP contribution < -0.4 is 10.6 Å². The summed E-state index contributed by atoms with van der Waals surface area (Å²) in [6, 6.07) is 0.475. The Hall–Kier alpha value is -0.220. The number of nitrogens with one attached hydrogen (secondary N) is 2. The fourth-order valence-electron chi connectivity index (χ4n) is 1.34. The van der Waals surface area contributed by atoms with Gasteiger partial charge in [0.25, 0.3) is 0 Å². The number of thioether (sulfide) groups is 1. The van der Waals surface area contributed by atoms with Gasteiger partial charge in [0.15, 0.2) is 0 Å². The highest BCUT2D eigenvalue weighted by atomic mass is 32.2. The normalized spacial score (nSPS) is 26.5. The van der Waals surface area contributed by atoms with Crippen molar-refractivity contribution in [2.75, 3.05) is 18.2 Å². The standard InChI is InChI=1S/C6H11NO.C3H7NS/c1-2-5-3-4-6(8)7-5;1-2-5-3-4-1/h5H,2-4H2,1H3,(H,7,8);4H,1-3H2. The van der Waals surface area contributed by atoms with Crippen LogP contribution in [0.25, 0.3) is 0 Å². The van der Waals surface area contributed by atoms with Crippen molar-refractivity contribution >= 4 is 17.7 Å². The number of carbonyl (C=O) groups is 1. The zero-order valence-corrected chi connectivity index (χ0v) is 8.95. The fourth-order valence-corrected chi connectivity index (χ4v) is 2.07. The molecule has 3 nitrogen and oxygen atoms in total. The van der Waals surface area contributed by atoms with E-state index in [0.717, 1.165) is 19.3 Å². The Balaban J connectivity index is 0.000000145. The quantitative estimate of drug-likeness (QED) is 0.665. The van der Waals surface area contributed by atoms with Crippen molar-refractivity contribution < 1.29 is 4.79 Å². The zero-order valence-electron chi connectivity index (χ0n) is 8.14. The van der Waals surface area contributed by atoms with E-state index >= 15 is 0 Å². The van der Waals surface area contributed by atoms with Crippen LogP contribution in [0.15, 0.2) is 0 Å². The second-order valence-corrected chi connectivity index (χ2v) is 4.37. The number of hydrogen-bond acceptors (Lipinski definition) is 3. The maximum Gasteiger partial charge on any atom is 0.220 e. The van der Waals surface area contributed by atoms with Crippen LogP contribution in [0.4, 0.5) is 0 Å². The summed E-state index contributed by atoms with van der Waals surface area (Å²) in [4.78, 5) is 10.5. The zero-order chi connectivity index (χ0) is 9.52. The molecule has 2 fully saturated rings. The predicted octanol–water partition coefficient (Wildman–Crippen LogP) is 0.955. The van der Waals surface area contributed by atoms with Gasteiger partial charge < -0.3 is 10.6 Å². The predicted molar refractivity (Wildman–Crippen MR) is 56.8 cm³/mol. The van der Waals surface area contributed by atoms with Crippen molar-refractivity contribution in [2.24, 2.45) is 0 Å². The van der Waals surface area contributed by atoms with E-state index in [9.17, 15) is 4.79 Å². The Morgan fingerprint density at radius 3 is 2.69 bits per heavy atom. The summed E-state index contributed by atoms with van der Waals surface area (Å²) >= 11 is 1.96. The second-order valence-electron chi connectivity index (χ2n) is 3.26. The van der Waals surface area contributed by atoms with Gasteiger partial charge in [0, 0.05) is 30.6 Å². The van der Waals surface area contributed by atoms with Crippen LogP contribution >= 0.6 is 11.8 Å². The first kappa shape index (κ1) is 10.9. The van der Waals surface area contributed by atoms with Crippen molar-refractivity contribution in [3.8, 4) is 0 Å². The van der Waals surface area contributed by atoms with E-state index < -0.39 is 0 Å². The summed E-state index contributed by atoms with van der Waals surface area (Å²) in [6.07, 6.45) is 2.85. The van der Waals surface area contributed by atoms with Gasteiger partial charge in [-0.3, -0.25) is 4.79 Å². The molecule has 76 valence electrons. The molecular formula is C9H18N2OS. The minimum atomic E-state index is 0.219. The van der Waals surface area contributed by atoms with E-state index in [4.69, 9.17) is 0 Å². The van der Waals surface area contributed by atoms with Crippen LogP contribution in [0.3, 0.4) is 0 Å². The first-order chi connectivity index (χ1) is 6.33. The number of amides is 1. The van der Waals surface area contributed by atoms with E-state index in [-0.39, 0.29) is 5.91 Å². The van der Waals surface area contributed by atoms with E-state index in [1.165, 1.54) is 18.2 Å². The average Bonchev–Trinajstić information content (AvgIpc) is 2.76. The van der Waals surface area contributed by atoms with Crippen LogP contribution in [0, 0.1) is 0 Å². The molecule has 2 heterocycles. The molecule has 0 aliphatic carbocycles. The topological polar surface area (TPSA) is 41.1 Å². The molecule has 0 radical (unpaired) electrons. The van der Waals surface area contributed by atoms with Crippen LogP contribution in [0.5, 0.6) is 0 Å². The molecular weight excluding hydrogens is 184 g/mol. The second kappa shape index (κ2) is 6.27. The summed E-state index contributed by atoms with van der Waals surface area (Å²) in [5, 5.41) is 6.05. The molecule has 1 unspecified atom stereocenters. The summed E-state index contributed by atoms with van der Waals surface area (Å²) < 4.78 is 0. The fraction of sp³-hybridized carbons (Fsp3) is 0.889. The van der Waals surface area contributed by atoms with E-state index in [2.05, 4.69) is 17.6 Å². The summed E-state index contributed by atoms with van der Waals surface area (Å²) in [7, 11) is 0. The van der Waals surface area contributed by atoms with Crippen LogP contribution in [0.2, 0.25) is 0 Å². The Labute approximate surface area is 84.0 Å². The Morgan fingerprint density at radius 1 is 1.62 bits per heavy atom. The number of rotatable bonds is 1. The molecule has 1 amide bonds. The third-order valence-electron chi connectivity index (χ3n) is 2.21. The van der Waals surface area contributed by atoms with Gasteiger partial charge in [-0.2, -0.15) is 0 Å². The van der Waals surface area contributed by atoms with Gasteiger partial charge in [0.2, 0.25) is 5.91 Å². The van der Waals surface area contributed by atoms with Gasteiger partial charge in [-0.15, -0.1) is 11.8 Å². The molecule has 13 heavy (non-hydrogen) atoms. The first-order valence-corrected chi connectivity index (χ1v) is 6.06. The molecule has 2 rings (SSSR count). The van der Waals surface area contributed by atoms with Gasteiger partial charge in [-0.25, -0.2) is 0 Å². The Morgan fingerprint density at radius 2 is 2.46 bits per heavy atom. The van der Waals surface area contributed by atoms with Crippen molar-refractivity contribution in [1.82, 2.24) is 10.6 Å². The molecule has 0 aromatic rings. The summed E-state index contributed by atoms with van der Waals surface area (Å²) in [5.74, 6) is 2.69. The van der Waals surface area contributed by atoms with Gasteiger partial charge in [0.1, 0.15) is 0 Å². The van der Waals surface area contributed by atoms with Gasteiger partial charge in [0.05, 0.1) is 0 Å². The molecule has 2 aliphatic heterocycles. The molecule has 2 saturated heterocycles. The lowest BCUT2D eigenvalue weighted by molar-refractivity contribution is -0.119. The molecule has 4 heteroatoms. The lowest BCUT2D eigenvalue weighted by Crippen LogP contribution is -2.23. The van der Waals surface area contributed by atoms with Crippen LogP contribution in [-0.2, 0) is 4.79 Å². The van der Waals surface area contributed by atoms with E-state index in [1.54, 1.807) is 0 Å². The molecule has 0 spiro atoms. The molecule has 0 aromatic carbocycles. The minimum Gasteiger partial charge on any atom is -0.353 e. The maximum absolute atomic E-state index is 10.5. The highest BCUT2D eigenvalue weighted by Crippen LogP contribution is 2.08. The first-order valence-electron chi connectivity index (χ1n) is 4.90. The highest BCUT2D eigenvalue weighted by Gasteiger charge is 2.17. The maximum atomic E-state index is 10.5. The van der Waals surface area contributed by atoms with E-state index in [0.29, 0.717) is 6.04 Å². The number of carbonyl (C=O) groups excluding carboxylic acids is 1. The number of hydrogen-bond donors (Lipinski definition) is 2. The lowest BCUT2D eigenvalue weighted by Gasteiger charge is -2.02. The SMILES string of the molecule is C1CSCN1.CCC1CCC(=O)N1. The molecule has 2 N–H and O–H groups in total. The molecule has 1 atom stereocenters. The van der Waals surface area contributed by atoms with Gasteiger partial charge >= 0.3 is 0 Å². The molecule has 0 bridgehead atoms. The highest BCUT2D eigenvalue weighted by molar-refractivity contribution is 7.99. The van der Waals surface area contributed by atoms with Crippen LogP contribution in [0.1, 0.15) is 26.2 Å². The van der Waals surface area contributed by atoms with Gasteiger partial charge in [-0.1, -0.05) is 6.92 Å². The summed E-state index contributed by atoms with van der Waals surface area (Å²) in [5.41, 5.74) is 0. The molecule has 0 aromatic heterocycles. The van der Waals surface area contributed by atoms with Crippen LogP contribution in [-0.4, -0.2) is 30.1 Å². The van der Waals surface area contributed by atoms with Crippen molar-refractivity contribution in [3.05, 3.63) is 0 Å². The van der Waals surface area contributed by atoms with E-state index in [1.807, 2.05) is 11.8 Å².